The number of aliphatic carboxylic acids is 2. The molecule has 7 nitrogen and oxygen atoms in total. The van der Waals surface area contributed by atoms with Crippen LogP contribution in [-0.2, 0) is 19.2 Å². The Morgan fingerprint density at radius 1 is 0.633 bits per heavy atom. The smallest absolute Gasteiger partial charge is 0.326 e. The zero-order valence-electron chi connectivity index (χ0n) is 18.2. The van der Waals surface area contributed by atoms with Gasteiger partial charge in [-0.05, 0) is 19.3 Å². The Kier molecular flexibility index (Phi) is 13.8. The fourth-order valence-corrected chi connectivity index (χ4v) is 3.97. The third kappa shape index (κ3) is 11.9. The first-order valence-electron chi connectivity index (χ1n) is 11.7. The van der Waals surface area contributed by atoms with Gasteiger partial charge in [0.1, 0.15) is 17.7 Å². The van der Waals surface area contributed by atoms with Gasteiger partial charge in [0.2, 0.25) is 5.91 Å². The first-order chi connectivity index (χ1) is 14.4. The highest BCUT2D eigenvalue weighted by atomic mass is 16.4. The summed E-state index contributed by atoms with van der Waals surface area (Å²) >= 11 is 0. The average molecular weight is 426 g/mol. The van der Waals surface area contributed by atoms with Gasteiger partial charge < -0.3 is 15.5 Å². The minimum Gasteiger partial charge on any atom is -0.481 e. The molecule has 1 aliphatic rings. The first kappa shape index (κ1) is 26.1. The summed E-state index contributed by atoms with van der Waals surface area (Å²) in [6, 6.07) is -1.36. The summed E-state index contributed by atoms with van der Waals surface area (Å²) in [6.45, 7) is 0. The average Bonchev–Trinajstić information content (AvgIpc) is 2.69. The van der Waals surface area contributed by atoms with Crippen molar-refractivity contribution in [2.24, 2.45) is 5.92 Å². The van der Waals surface area contributed by atoms with E-state index in [1.807, 2.05) is 0 Å². The number of carbonyl (C=O) groups excluding carboxylic acids is 2. The maximum atomic E-state index is 12.4. The lowest BCUT2D eigenvalue weighted by molar-refractivity contribution is -0.149. The molecule has 1 saturated heterocycles. The van der Waals surface area contributed by atoms with Crippen LogP contribution in [0.2, 0.25) is 0 Å². The molecule has 172 valence electrons. The minimum atomic E-state index is -1.40. The van der Waals surface area contributed by atoms with Crippen LogP contribution in [0.3, 0.4) is 0 Å². The summed E-state index contributed by atoms with van der Waals surface area (Å²) in [5.74, 6) is -4.89. The van der Waals surface area contributed by atoms with Crippen molar-refractivity contribution in [1.29, 1.82) is 0 Å². The highest BCUT2D eigenvalue weighted by Crippen LogP contribution is 2.17. The molecule has 0 aromatic rings. The second-order valence-electron chi connectivity index (χ2n) is 8.50. The molecule has 1 heterocycles. The molecule has 7 heteroatoms. The zero-order valence-corrected chi connectivity index (χ0v) is 18.2. The van der Waals surface area contributed by atoms with E-state index in [0.29, 0.717) is 12.8 Å². The molecule has 1 aliphatic heterocycles. The molecule has 0 aromatic heterocycles. The van der Waals surface area contributed by atoms with E-state index >= 15 is 0 Å². The molecule has 0 bridgehead atoms. The number of hydrogen-bond donors (Lipinski definition) is 3. The van der Waals surface area contributed by atoms with Gasteiger partial charge in [0.25, 0.3) is 0 Å². The number of hydrogen-bond acceptors (Lipinski definition) is 4. The van der Waals surface area contributed by atoms with E-state index in [9.17, 15) is 29.4 Å². The summed E-state index contributed by atoms with van der Waals surface area (Å²) < 4.78 is 0. The summed E-state index contributed by atoms with van der Waals surface area (Å²) in [5.41, 5.74) is 0. The fraction of sp³-hybridized carbons (Fsp3) is 0.826. The van der Waals surface area contributed by atoms with Gasteiger partial charge in [-0.3, -0.25) is 14.4 Å². The van der Waals surface area contributed by atoms with Crippen LogP contribution in [0.5, 0.6) is 0 Å². The quantitative estimate of drug-likeness (QED) is 0.561. The van der Waals surface area contributed by atoms with Crippen LogP contribution in [0, 0.1) is 5.92 Å². The first-order valence-corrected chi connectivity index (χ1v) is 11.7. The molecule has 1 rings (SSSR count). The molecule has 0 aromatic carbocycles. The largest absolute Gasteiger partial charge is 0.481 e. The lowest BCUT2D eigenvalue weighted by Gasteiger charge is -2.18. The van der Waals surface area contributed by atoms with E-state index in [1.54, 1.807) is 0 Å². The van der Waals surface area contributed by atoms with Crippen molar-refractivity contribution in [3.63, 3.8) is 0 Å². The molecule has 1 fully saturated rings. The molecule has 1 unspecified atom stereocenters. The molecule has 3 N–H and O–H groups in total. The van der Waals surface area contributed by atoms with E-state index < -0.39 is 42.0 Å². The van der Waals surface area contributed by atoms with Gasteiger partial charge in [0, 0.05) is 12.8 Å². The number of amides is 1. The van der Waals surface area contributed by atoms with Gasteiger partial charge in [-0.25, -0.2) is 4.79 Å². The van der Waals surface area contributed by atoms with E-state index in [-0.39, 0.29) is 12.8 Å². The molecule has 1 amide bonds. The van der Waals surface area contributed by atoms with E-state index in [0.717, 1.165) is 38.5 Å². The molecular formula is C23H39NO6. The summed E-state index contributed by atoms with van der Waals surface area (Å²) in [5, 5.41) is 21.2. The number of carbonyl (C=O) groups is 4. The summed E-state index contributed by atoms with van der Waals surface area (Å²) in [7, 11) is 0. The van der Waals surface area contributed by atoms with Gasteiger partial charge in [0.15, 0.2) is 0 Å². The second kappa shape index (κ2) is 15.9. The normalized spacial score (nSPS) is 25.3. The van der Waals surface area contributed by atoms with Crippen LogP contribution in [0.1, 0.15) is 109 Å². The van der Waals surface area contributed by atoms with Crippen molar-refractivity contribution < 1.29 is 29.4 Å². The van der Waals surface area contributed by atoms with Crippen molar-refractivity contribution in [2.75, 3.05) is 0 Å². The Bertz CT molecular complexity index is 548. The topological polar surface area (TPSA) is 121 Å². The zero-order chi connectivity index (χ0) is 22.2. The van der Waals surface area contributed by atoms with Gasteiger partial charge in [-0.15, -0.1) is 0 Å². The Morgan fingerprint density at radius 2 is 1.03 bits per heavy atom. The van der Waals surface area contributed by atoms with Crippen LogP contribution in [0.25, 0.3) is 0 Å². The molecular weight excluding hydrogens is 386 g/mol. The fourth-order valence-electron chi connectivity index (χ4n) is 3.97. The number of rotatable bonds is 2. The van der Waals surface area contributed by atoms with Crippen molar-refractivity contribution in [3.8, 4) is 0 Å². The van der Waals surface area contributed by atoms with Crippen molar-refractivity contribution >= 4 is 23.6 Å². The number of ketones is 1. The van der Waals surface area contributed by atoms with Gasteiger partial charge in [-0.1, -0.05) is 77.0 Å². The van der Waals surface area contributed by atoms with Gasteiger partial charge in [0.05, 0.1) is 0 Å². The summed E-state index contributed by atoms with van der Waals surface area (Å²) in [4.78, 5) is 47.5. The Morgan fingerprint density at radius 3 is 1.43 bits per heavy atom. The van der Waals surface area contributed by atoms with Crippen molar-refractivity contribution in [2.45, 2.75) is 115 Å². The molecule has 0 saturated carbocycles. The van der Waals surface area contributed by atoms with Crippen molar-refractivity contribution in [1.82, 2.24) is 5.32 Å². The van der Waals surface area contributed by atoms with Crippen LogP contribution >= 0.6 is 0 Å². The van der Waals surface area contributed by atoms with E-state index in [4.69, 9.17) is 0 Å². The lowest BCUT2D eigenvalue weighted by Crippen LogP contribution is -2.44. The summed E-state index contributed by atoms with van der Waals surface area (Å²) in [6.07, 6.45) is 14.9. The molecule has 0 aliphatic carbocycles. The predicted molar refractivity (Wildman–Crippen MR) is 114 cm³/mol. The van der Waals surface area contributed by atoms with Crippen molar-refractivity contribution in [3.05, 3.63) is 0 Å². The third-order valence-corrected chi connectivity index (χ3v) is 5.87. The van der Waals surface area contributed by atoms with E-state index in [2.05, 4.69) is 5.32 Å². The number of nitrogens with one attached hydrogen (secondary N) is 1. The Balaban J connectivity index is 2.65. The van der Waals surface area contributed by atoms with Crippen LogP contribution in [-0.4, -0.2) is 39.9 Å². The SMILES string of the molecule is O=C1CCCCCCCCCCCCCCCCC(=O)C(C(=O)O)C[C@@H](C(=O)O)N1. The Labute approximate surface area is 180 Å². The predicted octanol–water partition coefficient (Wildman–Crippen LogP) is 4.47. The number of carboxylic acids is 2. The second-order valence-corrected chi connectivity index (χ2v) is 8.50. The third-order valence-electron chi connectivity index (χ3n) is 5.87. The maximum Gasteiger partial charge on any atom is 0.326 e. The van der Waals surface area contributed by atoms with Gasteiger partial charge >= 0.3 is 11.9 Å². The minimum absolute atomic E-state index is 0.136. The molecule has 30 heavy (non-hydrogen) atoms. The number of carboxylic acid groups (broad SMARTS) is 2. The van der Waals surface area contributed by atoms with Crippen LogP contribution in [0.15, 0.2) is 0 Å². The Hall–Kier alpha value is -1.92. The highest BCUT2D eigenvalue weighted by Gasteiger charge is 2.32. The van der Waals surface area contributed by atoms with Gasteiger partial charge in [-0.2, -0.15) is 0 Å². The molecule has 0 spiro atoms. The monoisotopic (exact) mass is 425 g/mol. The standard InChI is InChI=1S/C23H39NO6/c25-20-15-13-11-9-7-5-3-1-2-4-6-8-10-12-14-16-21(26)24-19(23(29)30)17-18(20)22(27)28/h18-19H,1-17H2,(H,24,26)(H,27,28)(H,29,30)/t18?,19-/m0/s1. The molecule has 2 atom stereocenters. The lowest BCUT2D eigenvalue weighted by atomic mass is 9.92. The van der Waals surface area contributed by atoms with Crippen LogP contribution < -0.4 is 5.32 Å². The maximum absolute atomic E-state index is 12.4. The van der Waals surface area contributed by atoms with Crippen LogP contribution in [0.4, 0.5) is 0 Å². The molecule has 0 radical (unpaired) electrons. The van der Waals surface area contributed by atoms with E-state index in [1.165, 1.54) is 38.5 Å². The number of Topliss-reactive ketones (excluding diaryl/α,β-unsaturated/α-hetero) is 1. The highest BCUT2D eigenvalue weighted by molar-refractivity contribution is 5.99.